The van der Waals surface area contributed by atoms with Crippen LogP contribution in [0, 0.1) is 0 Å². The van der Waals surface area contributed by atoms with Crippen LogP contribution in [0.1, 0.15) is 96.8 Å². The Hall–Kier alpha value is -0.396. The van der Waals surface area contributed by atoms with Crippen molar-refractivity contribution >= 4 is 26.5 Å². The quantitative estimate of drug-likeness (QED) is 0.225. The van der Waals surface area contributed by atoms with Crippen molar-refractivity contribution in [3.05, 3.63) is 12.2 Å². The fourth-order valence-electron chi connectivity index (χ4n) is 2.54. The van der Waals surface area contributed by atoms with Crippen LogP contribution in [0.2, 0.25) is 0 Å². The van der Waals surface area contributed by atoms with Crippen LogP contribution in [0.25, 0.3) is 0 Å². The van der Waals surface area contributed by atoms with Crippen LogP contribution in [0.3, 0.4) is 0 Å². The number of hydrogen-bond acceptors (Lipinski definition) is 3. The van der Waals surface area contributed by atoms with Gasteiger partial charge in [0.25, 0.3) is 5.97 Å². The van der Waals surface area contributed by atoms with E-state index in [0.29, 0.717) is 16.9 Å². The van der Waals surface area contributed by atoms with Gasteiger partial charge in [0, 0.05) is 6.42 Å². The summed E-state index contributed by atoms with van der Waals surface area (Å²) in [5.74, 6) is -0.0647. The van der Waals surface area contributed by atoms with Crippen LogP contribution in [0.15, 0.2) is 12.2 Å². The minimum Gasteiger partial charge on any atom is -0.500 e. The van der Waals surface area contributed by atoms with Crippen LogP contribution < -0.4 is 0 Å². The third kappa shape index (κ3) is 19.6. The molecule has 0 radical (unpaired) electrons. The average molecular weight is 359 g/mol. The van der Waals surface area contributed by atoms with Gasteiger partial charge in [-0.3, -0.25) is 4.79 Å². The summed E-state index contributed by atoms with van der Waals surface area (Å²) in [7, 11) is -0.307. The SMILES string of the molecule is CCCCCCCC/C=C\CCCCCCCC(=O)O[SiH2]O[SiH3]. The van der Waals surface area contributed by atoms with E-state index in [1.165, 1.54) is 70.6 Å². The van der Waals surface area contributed by atoms with Crippen LogP contribution >= 0.6 is 0 Å². The Kier molecular flexibility index (Phi) is 19.3. The monoisotopic (exact) mass is 358 g/mol. The summed E-state index contributed by atoms with van der Waals surface area (Å²) in [6, 6.07) is 0. The smallest absolute Gasteiger partial charge is 0.358 e. The van der Waals surface area contributed by atoms with Gasteiger partial charge in [0.1, 0.15) is 10.5 Å². The molecule has 0 spiro atoms. The molecule has 0 aromatic rings. The molecule has 0 atom stereocenters. The molecule has 0 heterocycles. The minimum absolute atomic E-state index is 0.0647. The maximum absolute atomic E-state index is 11.3. The van der Waals surface area contributed by atoms with Gasteiger partial charge in [-0.05, 0) is 32.1 Å². The van der Waals surface area contributed by atoms with Gasteiger partial charge >= 0.3 is 10.0 Å². The van der Waals surface area contributed by atoms with Crippen LogP contribution in [-0.4, -0.2) is 26.5 Å². The van der Waals surface area contributed by atoms with Crippen molar-refractivity contribution in [2.24, 2.45) is 0 Å². The summed E-state index contributed by atoms with van der Waals surface area (Å²) in [4.78, 5) is 11.3. The Bertz CT molecular complexity index is 283. The first-order valence-electron chi connectivity index (χ1n) is 9.60. The molecule has 3 nitrogen and oxygen atoms in total. The molecule has 0 N–H and O–H groups in total. The van der Waals surface area contributed by atoms with Crippen molar-refractivity contribution in [1.82, 2.24) is 0 Å². The molecule has 0 aromatic carbocycles. The zero-order valence-corrected chi connectivity index (χ0v) is 18.9. The number of allylic oxidation sites excluding steroid dienone is 2. The molecular formula is C18H38O3Si2. The van der Waals surface area contributed by atoms with E-state index >= 15 is 0 Å². The number of hydrogen-bond donors (Lipinski definition) is 0. The second-order valence-corrected chi connectivity index (χ2v) is 9.09. The summed E-state index contributed by atoms with van der Waals surface area (Å²) in [6.45, 7) is 2.27. The van der Waals surface area contributed by atoms with Crippen molar-refractivity contribution in [2.75, 3.05) is 0 Å². The largest absolute Gasteiger partial charge is 0.500 e. The topological polar surface area (TPSA) is 35.5 Å². The van der Waals surface area contributed by atoms with Crippen LogP contribution in [0.5, 0.6) is 0 Å². The van der Waals surface area contributed by atoms with Gasteiger partial charge in [-0.2, -0.15) is 0 Å². The van der Waals surface area contributed by atoms with E-state index < -0.39 is 10.0 Å². The molecule has 0 aliphatic carbocycles. The van der Waals surface area contributed by atoms with Crippen molar-refractivity contribution in [3.63, 3.8) is 0 Å². The minimum atomic E-state index is -0.987. The highest BCUT2D eigenvalue weighted by Crippen LogP contribution is 2.10. The fourth-order valence-corrected chi connectivity index (χ4v) is 3.28. The van der Waals surface area contributed by atoms with Gasteiger partial charge < -0.3 is 8.54 Å². The number of unbranched alkanes of at least 4 members (excludes halogenated alkanes) is 11. The number of rotatable bonds is 17. The Morgan fingerprint density at radius 2 is 1.39 bits per heavy atom. The third-order valence-corrected chi connectivity index (χ3v) is 5.36. The first-order valence-corrected chi connectivity index (χ1v) is 11.6. The summed E-state index contributed by atoms with van der Waals surface area (Å²) in [5.41, 5.74) is 0. The van der Waals surface area contributed by atoms with Crippen molar-refractivity contribution in [3.8, 4) is 0 Å². The first-order chi connectivity index (χ1) is 11.3. The highest BCUT2D eigenvalue weighted by molar-refractivity contribution is 6.30. The van der Waals surface area contributed by atoms with E-state index in [4.69, 9.17) is 8.54 Å². The molecule has 0 amide bonds. The second kappa shape index (κ2) is 19.7. The molecule has 0 saturated heterocycles. The molecule has 0 aliphatic heterocycles. The van der Waals surface area contributed by atoms with Crippen molar-refractivity contribution < 1.29 is 13.3 Å². The van der Waals surface area contributed by atoms with E-state index in [2.05, 4.69) is 19.1 Å². The van der Waals surface area contributed by atoms with Gasteiger partial charge in [0.2, 0.25) is 0 Å². The lowest BCUT2D eigenvalue weighted by atomic mass is 10.1. The van der Waals surface area contributed by atoms with Gasteiger partial charge in [-0.1, -0.05) is 70.4 Å². The molecule has 0 saturated carbocycles. The Labute approximate surface area is 149 Å². The normalized spacial score (nSPS) is 11.9. The molecule has 0 unspecified atom stereocenters. The zero-order valence-electron chi connectivity index (χ0n) is 15.5. The summed E-state index contributed by atoms with van der Waals surface area (Å²) in [5, 5.41) is 0. The molecule has 0 rings (SSSR count). The molecule has 0 aliphatic rings. The molecule has 0 aromatic heterocycles. The summed E-state index contributed by atoms with van der Waals surface area (Å²) < 4.78 is 9.98. The summed E-state index contributed by atoms with van der Waals surface area (Å²) in [6.07, 6.45) is 21.9. The molecular weight excluding hydrogens is 320 g/mol. The number of carbonyl (C=O) groups is 1. The van der Waals surface area contributed by atoms with E-state index in [1.54, 1.807) is 0 Å². The highest BCUT2D eigenvalue weighted by Gasteiger charge is 2.01. The third-order valence-electron chi connectivity index (χ3n) is 3.98. The Balaban J connectivity index is 3.14. The van der Waals surface area contributed by atoms with E-state index in [9.17, 15) is 4.79 Å². The van der Waals surface area contributed by atoms with E-state index in [-0.39, 0.29) is 5.97 Å². The maximum atomic E-state index is 11.3. The maximum Gasteiger partial charge on any atom is 0.358 e. The predicted octanol–water partition coefficient (Wildman–Crippen LogP) is 3.86. The second-order valence-electron chi connectivity index (χ2n) is 6.26. The molecule has 23 heavy (non-hydrogen) atoms. The lowest BCUT2D eigenvalue weighted by Crippen LogP contribution is -2.10. The lowest BCUT2D eigenvalue weighted by molar-refractivity contribution is -0.135. The van der Waals surface area contributed by atoms with Gasteiger partial charge in [-0.25, -0.2) is 0 Å². The Morgan fingerprint density at radius 3 is 1.96 bits per heavy atom. The molecule has 0 bridgehead atoms. The first kappa shape index (κ1) is 22.6. The Morgan fingerprint density at radius 1 is 0.870 bits per heavy atom. The summed E-state index contributed by atoms with van der Waals surface area (Å²) >= 11 is 0. The number of carbonyl (C=O) groups excluding carboxylic acids is 1. The van der Waals surface area contributed by atoms with Crippen LogP contribution in [0.4, 0.5) is 0 Å². The predicted molar refractivity (Wildman–Crippen MR) is 105 cm³/mol. The van der Waals surface area contributed by atoms with E-state index in [0.717, 1.165) is 12.8 Å². The van der Waals surface area contributed by atoms with Crippen molar-refractivity contribution in [1.29, 1.82) is 0 Å². The van der Waals surface area contributed by atoms with Gasteiger partial charge in [-0.15, -0.1) is 0 Å². The average Bonchev–Trinajstić information content (AvgIpc) is 2.56. The fraction of sp³-hybridized carbons (Fsp3) is 0.833. The molecule has 0 fully saturated rings. The van der Waals surface area contributed by atoms with Crippen molar-refractivity contribution in [2.45, 2.75) is 96.8 Å². The molecule has 5 heteroatoms. The van der Waals surface area contributed by atoms with Crippen LogP contribution in [-0.2, 0) is 13.3 Å². The molecule has 136 valence electrons. The lowest BCUT2D eigenvalue weighted by Gasteiger charge is -2.03. The highest BCUT2D eigenvalue weighted by atomic mass is 28.3. The zero-order chi connectivity index (χ0) is 17.0. The van der Waals surface area contributed by atoms with E-state index in [1.807, 2.05) is 0 Å². The van der Waals surface area contributed by atoms with Gasteiger partial charge in [0.05, 0.1) is 0 Å². The van der Waals surface area contributed by atoms with Gasteiger partial charge in [0.15, 0.2) is 0 Å². The standard InChI is InChI=1S/C18H38O3Si2/c1-2-3-4-5-6-7-8-9-10-11-12-13-14-15-16-17-18(19)20-23-21-22/h9-10H,2-8,11-17,23H2,1,22H3/b10-9-.